The molecule has 45 heavy (non-hydrogen) atoms. The Labute approximate surface area is 266 Å². The summed E-state index contributed by atoms with van der Waals surface area (Å²) in [7, 11) is 0. The summed E-state index contributed by atoms with van der Waals surface area (Å²) < 4.78 is 5.67. The van der Waals surface area contributed by atoms with Crippen molar-refractivity contribution in [2.45, 2.75) is 70.6 Å². The fraction of sp³-hybridized carbons (Fsp3) is 0.529. The first-order valence-electron chi connectivity index (χ1n) is 16.6. The molecule has 3 aliphatic heterocycles. The van der Waals surface area contributed by atoms with E-state index in [1.54, 1.807) is 0 Å². The second kappa shape index (κ2) is 12.8. The Morgan fingerprint density at radius 2 is 1.36 bits per heavy atom. The minimum atomic E-state index is -0.281. The summed E-state index contributed by atoms with van der Waals surface area (Å²) in [4.78, 5) is 37.2. The van der Waals surface area contributed by atoms with Crippen LogP contribution in [0.25, 0.3) is 11.4 Å². The molecule has 1 aromatic heterocycles. The smallest absolute Gasteiger partial charge is 0.323 e. The van der Waals surface area contributed by atoms with Crippen LogP contribution in [-0.2, 0) is 4.74 Å². The fourth-order valence-electron chi connectivity index (χ4n) is 6.88. The number of anilines is 5. The molecule has 1 saturated carbocycles. The molecule has 0 unspecified atom stereocenters. The highest BCUT2D eigenvalue weighted by molar-refractivity contribution is 5.99. The van der Waals surface area contributed by atoms with Gasteiger partial charge in [0.15, 0.2) is 5.82 Å². The van der Waals surface area contributed by atoms with Gasteiger partial charge >= 0.3 is 6.03 Å². The number of piperazine rings is 1. The third-order valence-corrected chi connectivity index (χ3v) is 9.69. The molecule has 3 atom stereocenters. The minimum Gasteiger partial charge on any atom is -0.377 e. The molecule has 4 heterocycles. The number of aromatic nitrogens is 3. The highest BCUT2D eigenvalue weighted by Gasteiger charge is 2.32. The topological polar surface area (TPSA) is 102 Å². The first-order valence-corrected chi connectivity index (χ1v) is 16.6. The van der Waals surface area contributed by atoms with Crippen LogP contribution in [0.3, 0.4) is 0 Å². The van der Waals surface area contributed by atoms with E-state index in [0.717, 1.165) is 68.8 Å². The number of benzene rings is 2. The van der Waals surface area contributed by atoms with Crippen LogP contribution >= 0.6 is 0 Å². The van der Waals surface area contributed by atoms with Gasteiger partial charge in [-0.15, -0.1) is 0 Å². The van der Waals surface area contributed by atoms with Gasteiger partial charge in [0, 0.05) is 73.5 Å². The molecule has 2 N–H and O–H groups in total. The molecule has 2 amide bonds. The maximum atomic E-state index is 12.8. The Balaban J connectivity index is 1.01. The van der Waals surface area contributed by atoms with Gasteiger partial charge in [-0.2, -0.15) is 15.0 Å². The monoisotopic (exact) mass is 611 g/mol. The zero-order chi connectivity index (χ0) is 30.9. The number of carbonyl (C=O) groups excluding carboxylic acids is 1. The van der Waals surface area contributed by atoms with Crippen LogP contribution in [0.2, 0.25) is 0 Å². The minimum absolute atomic E-state index is 0.180. The number of rotatable bonds is 7. The zero-order valence-corrected chi connectivity index (χ0v) is 26.7. The van der Waals surface area contributed by atoms with Crippen molar-refractivity contribution in [1.82, 2.24) is 19.9 Å². The summed E-state index contributed by atoms with van der Waals surface area (Å²) in [5.41, 5.74) is 3.53. The lowest BCUT2D eigenvalue weighted by atomic mass is 10.2. The van der Waals surface area contributed by atoms with Crippen molar-refractivity contribution in [3.63, 3.8) is 0 Å². The third kappa shape index (κ3) is 6.69. The SMILES string of the molecule is C[C@@H]1COCCN1c1nc(-c2ccc(NC(=O)Nc3ccc(N4CCN(C5CC5)CC4)cc3)cc2)nc(N2[C@H](C)CC[C@@H]2C)n1. The van der Waals surface area contributed by atoms with Crippen molar-refractivity contribution < 1.29 is 9.53 Å². The summed E-state index contributed by atoms with van der Waals surface area (Å²) in [6, 6.07) is 17.3. The molecule has 0 spiro atoms. The number of hydrogen-bond donors (Lipinski definition) is 2. The number of hydrogen-bond acceptors (Lipinski definition) is 9. The highest BCUT2D eigenvalue weighted by atomic mass is 16.5. The molecule has 7 rings (SSSR count). The number of amides is 2. The van der Waals surface area contributed by atoms with Crippen LogP contribution in [0.5, 0.6) is 0 Å². The van der Waals surface area contributed by atoms with Gasteiger partial charge in [-0.25, -0.2) is 4.79 Å². The molecule has 0 bridgehead atoms. The van der Waals surface area contributed by atoms with Crippen molar-refractivity contribution in [3.05, 3.63) is 48.5 Å². The molecule has 238 valence electrons. The van der Waals surface area contributed by atoms with Crippen molar-refractivity contribution in [2.24, 2.45) is 0 Å². The zero-order valence-electron chi connectivity index (χ0n) is 26.7. The first kappa shape index (κ1) is 29.7. The average molecular weight is 612 g/mol. The summed E-state index contributed by atoms with van der Waals surface area (Å²) in [6.07, 6.45) is 4.96. The predicted octanol–water partition coefficient (Wildman–Crippen LogP) is 5.07. The maximum absolute atomic E-state index is 12.8. The highest BCUT2D eigenvalue weighted by Crippen LogP contribution is 2.32. The molecule has 3 saturated heterocycles. The standard InChI is InChI=1S/C34H45N9O2/c1-23-4-5-24(2)43(23)33-38-31(37-32(39-33)42-20-21-45-22-25(42)3)26-6-8-27(9-7-26)35-34(44)36-28-10-12-29(13-11-28)40-16-18-41(19-17-40)30-14-15-30/h6-13,23-25,30H,4-5,14-22H2,1-3H3,(H2,35,36,44)/t23-,24+,25-/m1/s1. The van der Waals surface area contributed by atoms with E-state index in [9.17, 15) is 4.79 Å². The second-order valence-electron chi connectivity index (χ2n) is 13.0. The van der Waals surface area contributed by atoms with Crippen LogP contribution in [0.1, 0.15) is 46.5 Å². The molecule has 3 aromatic rings. The van der Waals surface area contributed by atoms with Crippen LogP contribution in [0, 0.1) is 0 Å². The molecule has 11 heteroatoms. The summed E-state index contributed by atoms with van der Waals surface area (Å²) in [5.74, 6) is 2.04. The Kier molecular flexibility index (Phi) is 8.46. The van der Waals surface area contributed by atoms with Gasteiger partial charge in [0.25, 0.3) is 0 Å². The number of urea groups is 1. The fourth-order valence-corrected chi connectivity index (χ4v) is 6.88. The van der Waals surface area contributed by atoms with E-state index in [-0.39, 0.29) is 12.1 Å². The van der Waals surface area contributed by atoms with Gasteiger partial charge in [-0.05, 0) is 95.0 Å². The van der Waals surface area contributed by atoms with Gasteiger partial charge in [-0.1, -0.05) is 0 Å². The third-order valence-electron chi connectivity index (χ3n) is 9.69. The Hall–Kier alpha value is -3.96. The predicted molar refractivity (Wildman–Crippen MR) is 179 cm³/mol. The van der Waals surface area contributed by atoms with Gasteiger partial charge in [-0.3, -0.25) is 4.90 Å². The number of ether oxygens (including phenoxy) is 1. The summed E-state index contributed by atoms with van der Waals surface area (Å²) in [6.45, 7) is 13.0. The Bertz CT molecular complexity index is 1460. The van der Waals surface area contributed by atoms with Crippen LogP contribution in [0.15, 0.2) is 48.5 Å². The number of morpholine rings is 1. The molecular weight excluding hydrogens is 566 g/mol. The molecule has 4 aliphatic rings. The molecule has 2 aromatic carbocycles. The van der Waals surface area contributed by atoms with Crippen molar-refractivity contribution in [2.75, 3.05) is 71.3 Å². The number of nitrogens with one attached hydrogen (secondary N) is 2. The van der Waals surface area contributed by atoms with Gasteiger partial charge < -0.3 is 30.1 Å². The number of carbonyl (C=O) groups is 1. The molecular formula is C34H45N9O2. The summed E-state index contributed by atoms with van der Waals surface area (Å²) in [5, 5.41) is 5.92. The van der Waals surface area contributed by atoms with E-state index < -0.39 is 0 Å². The molecule has 4 fully saturated rings. The lowest BCUT2D eigenvalue weighted by Gasteiger charge is -2.36. The van der Waals surface area contributed by atoms with Gasteiger partial charge in [0.05, 0.1) is 19.3 Å². The normalized spacial score (nSPS) is 24.2. The van der Waals surface area contributed by atoms with E-state index in [2.05, 4.69) is 63.1 Å². The summed E-state index contributed by atoms with van der Waals surface area (Å²) >= 11 is 0. The Morgan fingerprint density at radius 1 is 0.733 bits per heavy atom. The van der Waals surface area contributed by atoms with Crippen molar-refractivity contribution in [1.29, 1.82) is 0 Å². The van der Waals surface area contributed by atoms with Crippen LogP contribution in [0.4, 0.5) is 33.8 Å². The maximum Gasteiger partial charge on any atom is 0.323 e. The number of nitrogens with zero attached hydrogens (tertiary/aromatic N) is 7. The van der Waals surface area contributed by atoms with Gasteiger partial charge in [0.1, 0.15) is 0 Å². The lowest BCUT2D eigenvalue weighted by Crippen LogP contribution is -2.47. The van der Waals surface area contributed by atoms with E-state index in [1.807, 2.05) is 36.4 Å². The van der Waals surface area contributed by atoms with Crippen LogP contribution < -0.4 is 25.3 Å². The van der Waals surface area contributed by atoms with Crippen molar-refractivity contribution in [3.8, 4) is 11.4 Å². The Morgan fingerprint density at radius 3 is 1.98 bits per heavy atom. The van der Waals surface area contributed by atoms with E-state index >= 15 is 0 Å². The van der Waals surface area contributed by atoms with Gasteiger partial charge in [0.2, 0.25) is 11.9 Å². The largest absolute Gasteiger partial charge is 0.377 e. The van der Waals surface area contributed by atoms with E-state index in [1.165, 1.54) is 18.5 Å². The first-order chi connectivity index (χ1) is 21.9. The lowest BCUT2D eigenvalue weighted by molar-refractivity contribution is 0.0981. The van der Waals surface area contributed by atoms with E-state index in [4.69, 9.17) is 19.7 Å². The van der Waals surface area contributed by atoms with Crippen LogP contribution in [-0.4, -0.2) is 96.0 Å². The second-order valence-corrected chi connectivity index (χ2v) is 13.0. The molecule has 1 aliphatic carbocycles. The van der Waals surface area contributed by atoms with E-state index in [0.29, 0.717) is 42.8 Å². The average Bonchev–Trinajstić information content (AvgIpc) is 3.85. The quantitative estimate of drug-likeness (QED) is 0.379. The molecule has 11 nitrogen and oxygen atoms in total. The molecule has 0 radical (unpaired) electrons. The van der Waals surface area contributed by atoms with Crippen molar-refractivity contribution >= 4 is 35.0 Å².